The molecule has 1 amide bonds. The monoisotopic (exact) mass is 292 g/mol. The molecule has 0 aliphatic heterocycles. The van der Waals surface area contributed by atoms with Gasteiger partial charge in [0.1, 0.15) is 0 Å². The second-order valence-electron chi connectivity index (χ2n) is 4.77. The fourth-order valence-corrected chi connectivity index (χ4v) is 2.16. The van der Waals surface area contributed by atoms with Gasteiger partial charge < -0.3 is 15.4 Å². The highest BCUT2D eigenvalue weighted by Gasteiger charge is 2.13. The summed E-state index contributed by atoms with van der Waals surface area (Å²) < 4.78 is 4.47. The molecule has 2 aromatic rings. The van der Waals surface area contributed by atoms with E-state index in [1.54, 1.807) is 12.1 Å². The van der Waals surface area contributed by atoms with Gasteiger partial charge in [0.15, 0.2) is 0 Å². The van der Waals surface area contributed by atoms with Crippen molar-refractivity contribution in [2.24, 2.45) is 0 Å². The summed E-state index contributed by atoms with van der Waals surface area (Å²) in [5.74, 6) is -0.170. The minimum Gasteiger partial charge on any atom is -0.359 e. The molecule has 1 N–H and O–H groups in total. The molecule has 1 aromatic heterocycles. The molecular formula is C14H20N4O3. The minimum absolute atomic E-state index is 0.170. The summed E-state index contributed by atoms with van der Waals surface area (Å²) in [7, 11) is 0. The molecule has 0 radical (unpaired) electrons. The number of carbonyl (C=O) groups is 1. The molecule has 7 nitrogen and oxygen atoms in total. The first kappa shape index (κ1) is 15.2. The Morgan fingerprint density at radius 2 is 2.19 bits per heavy atom. The zero-order valence-electron chi connectivity index (χ0n) is 12.3. The molecule has 0 bridgehead atoms. The maximum absolute atomic E-state index is 12.0. The number of amides is 1. The molecule has 1 aromatic carbocycles. The Hall–Kier alpha value is -2.15. The number of aromatic nitrogens is 2. The maximum Gasteiger partial charge on any atom is 0.251 e. The number of rotatable bonds is 7. The van der Waals surface area contributed by atoms with E-state index in [4.69, 9.17) is 0 Å². The van der Waals surface area contributed by atoms with Crippen LogP contribution in [-0.4, -0.2) is 42.1 Å². The molecule has 0 aliphatic rings. The summed E-state index contributed by atoms with van der Waals surface area (Å²) >= 11 is 0. The fourth-order valence-electron chi connectivity index (χ4n) is 2.16. The van der Waals surface area contributed by atoms with Gasteiger partial charge in [-0.15, -0.1) is 0 Å². The topological polar surface area (TPSA) is 85.3 Å². The Bertz CT molecular complexity index is 607. The predicted molar refractivity (Wildman–Crippen MR) is 77.7 cm³/mol. The zero-order chi connectivity index (χ0) is 15.2. The molecule has 7 heteroatoms. The van der Waals surface area contributed by atoms with Crippen molar-refractivity contribution in [2.75, 3.05) is 26.2 Å². The summed E-state index contributed by atoms with van der Waals surface area (Å²) in [6, 6.07) is 4.67. The van der Waals surface area contributed by atoms with Crippen molar-refractivity contribution in [3.8, 4) is 0 Å². The van der Waals surface area contributed by atoms with Crippen LogP contribution < -0.4 is 10.2 Å². The molecule has 114 valence electrons. The van der Waals surface area contributed by atoms with Crippen molar-refractivity contribution in [1.82, 2.24) is 15.4 Å². The number of fused-ring (bicyclic) bond motifs is 1. The van der Waals surface area contributed by atoms with Crippen LogP contribution >= 0.6 is 0 Å². The molecule has 0 fully saturated rings. The molecule has 0 spiro atoms. The van der Waals surface area contributed by atoms with Crippen molar-refractivity contribution < 1.29 is 14.3 Å². The summed E-state index contributed by atoms with van der Waals surface area (Å²) in [5, 5.41) is 17.6. The van der Waals surface area contributed by atoms with Crippen molar-refractivity contribution in [2.45, 2.75) is 20.3 Å². The second-order valence-corrected chi connectivity index (χ2v) is 4.77. The Morgan fingerprint density at radius 1 is 1.43 bits per heavy atom. The average Bonchev–Trinajstić information content (AvgIpc) is 2.88. The van der Waals surface area contributed by atoms with E-state index in [1.807, 2.05) is 0 Å². The highest BCUT2D eigenvalue weighted by Crippen LogP contribution is 2.10. The van der Waals surface area contributed by atoms with Gasteiger partial charge in [-0.1, -0.05) is 13.8 Å². The van der Waals surface area contributed by atoms with E-state index in [-0.39, 0.29) is 5.91 Å². The van der Waals surface area contributed by atoms with E-state index < -0.39 is 0 Å². The molecule has 0 aliphatic carbocycles. The minimum atomic E-state index is -0.170. The number of hydrogen-bond acceptors (Lipinski definition) is 5. The van der Waals surface area contributed by atoms with Crippen molar-refractivity contribution in [3.63, 3.8) is 0 Å². The predicted octanol–water partition coefficient (Wildman–Crippen LogP) is 0.923. The van der Waals surface area contributed by atoms with Crippen molar-refractivity contribution in [1.29, 1.82) is 0 Å². The van der Waals surface area contributed by atoms with Crippen LogP contribution in [0, 0.1) is 5.21 Å². The van der Waals surface area contributed by atoms with Crippen LogP contribution in [0.4, 0.5) is 0 Å². The van der Waals surface area contributed by atoms with E-state index in [1.165, 1.54) is 6.07 Å². The Kier molecular flexibility index (Phi) is 5.10. The maximum atomic E-state index is 12.0. The Balaban J connectivity index is 1.87. The molecule has 0 saturated heterocycles. The van der Waals surface area contributed by atoms with Crippen LogP contribution in [0.2, 0.25) is 0 Å². The van der Waals surface area contributed by atoms with Crippen LogP contribution in [0.15, 0.2) is 22.8 Å². The van der Waals surface area contributed by atoms with E-state index in [9.17, 15) is 10.0 Å². The van der Waals surface area contributed by atoms with Gasteiger partial charge in [0.05, 0.1) is 0 Å². The average molecular weight is 292 g/mol. The lowest BCUT2D eigenvalue weighted by atomic mass is 10.2. The quantitative estimate of drug-likeness (QED) is 0.606. The van der Waals surface area contributed by atoms with Crippen molar-refractivity contribution in [3.05, 3.63) is 29.0 Å². The third-order valence-electron chi connectivity index (χ3n) is 3.48. The summed E-state index contributed by atoms with van der Waals surface area (Å²) in [6.45, 7) is 7.86. The highest BCUT2D eigenvalue weighted by atomic mass is 16.8. The summed E-state index contributed by atoms with van der Waals surface area (Å²) in [4.78, 5) is 14.6. The molecule has 2 rings (SSSR count). The van der Waals surface area contributed by atoms with Gasteiger partial charge in [-0.3, -0.25) is 9.42 Å². The molecule has 0 saturated carbocycles. The van der Waals surface area contributed by atoms with E-state index in [0.29, 0.717) is 28.0 Å². The van der Waals surface area contributed by atoms with Crippen LogP contribution in [0.1, 0.15) is 30.6 Å². The van der Waals surface area contributed by atoms with Gasteiger partial charge in [-0.05, 0) is 43.1 Å². The van der Waals surface area contributed by atoms with E-state index in [0.717, 1.165) is 26.1 Å². The Labute approximate surface area is 123 Å². The van der Waals surface area contributed by atoms with Crippen LogP contribution in [0.25, 0.3) is 11.0 Å². The first-order valence-corrected chi connectivity index (χ1v) is 7.15. The van der Waals surface area contributed by atoms with Gasteiger partial charge in [-0.25, -0.2) is 0 Å². The number of benzene rings is 1. The highest BCUT2D eigenvalue weighted by molar-refractivity contribution is 5.96. The molecule has 0 atom stereocenters. The van der Waals surface area contributed by atoms with Gasteiger partial charge in [-0.2, -0.15) is 0 Å². The van der Waals surface area contributed by atoms with Crippen LogP contribution in [0.3, 0.4) is 0 Å². The van der Waals surface area contributed by atoms with E-state index >= 15 is 0 Å². The van der Waals surface area contributed by atoms with Crippen molar-refractivity contribution >= 4 is 16.9 Å². The van der Waals surface area contributed by atoms with Gasteiger partial charge in [0, 0.05) is 23.3 Å². The zero-order valence-corrected chi connectivity index (χ0v) is 12.3. The SMILES string of the molecule is CCN(CC)CCCNC(=O)c1ccc2c(c1)no[n+]2[O-]. The molecule has 0 unspecified atom stereocenters. The largest absolute Gasteiger partial charge is 0.359 e. The number of nitrogens with zero attached hydrogens (tertiary/aromatic N) is 3. The van der Waals surface area contributed by atoms with Gasteiger partial charge >= 0.3 is 0 Å². The second kappa shape index (κ2) is 7.03. The van der Waals surface area contributed by atoms with E-state index in [2.05, 4.69) is 33.8 Å². The summed E-state index contributed by atoms with van der Waals surface area (Å²) in [6.07, 6.45) is 0.903. The standard InChI is InChI=1S/C14H20N4O3/c1-3-17(4-2)9-5-8-15-14(19)11-6-7-13-12(10-11)16-21-18(13)20/h6-7,10H,3-5,8-9H2,1-2H3,(H,15,19). The molecule has 21 heavy (non-hydrogen) atoms. The smallest absolute Gasteiger partial charge is 0.251 e. The lowest BCUT2D eigenvalue weighted by Gasteiger charge is -2.17. The molecular weight excluding hydrogens is 272 g/mol. The Morgan fingerprint density at radius 3 is 2.90 bits per heavy atom. The first-order valence-electron chi connectivity index (χ1n) is 7.15. The normalized spacial score (nSPS) is 11.2. The van der Waals surface area contributed by atoms with Gasteiger partial charge in [0.25, 0.3) is 5.91 Å². The van der Waals surface area contributed by atoms with Crippen LogP contribution in [-0.2, 0) is 0 Å². The number of hydrogen-bond donors (Lipinski definition) is 1. The van der Waals surface area contributed by atoms with Gasteiger partial charge in [0.2, 0.25) is 11.0 Å². The number of nitrogens with one attached hydrogen (secondary N) is 1. The lowest BCUT2D eigenvalue weighted by molar-refractivity contribution is -0.782. The lowest BCUT2D eigenvalue weighted by Crippen LogP contribution is -2.30. The van der Waals surface area contributed by atoms with Crippen LogP contribution in [0.5, 0.6) is 0 Å². The molecule has 1 heterocycles. The first-order chi connectivity index (χ1) is 10.2. The third kappa shape index (κ3) is 3.69. The number of carbonyl (C=O) groups excluding carboxylic acids is 1. The summed E-state index contributed by atoms with van der Waals surface area (Å²) in [5.41, 5.74) is 1.16. The fraction of sp³-hybridized carbons (Fsp3) is 0.500. The third-order valence-corrected chi connectivity index (χ3v) is 3.48.